The average molecular weight is 438 g/mol. The third-order valence-corrected chi connectivity index (χ3v) is 5.92. The maximum atomic E-state index is 13.2. The molecule has 2 aromatic carbocycles. The van der Waals surface area contributed by atoms with Gasteiger partial charge >= 0.3 is 0 Å². The van der Waals surface area contributed by atoms with E-state index in [1.165, 1.54) is 30.2 Å². The number of methoxy groups -OCH3 is 1. The van der Waals surface area contributed by atoms with Crippen LogP contribution in [0.1, 0.15) is 41.2 Å². The van der Waals surface area contributed by atoms with E-state index in [2.05, 4.69) is 5.16 Å². The van der Waals surface area contributed by atoms with E-state index < -0.39 is 11.0 Å². The number of anilines is 1. The van der Waals surface area contributed by atoms with Gasteiger partial charge in [0.25, 0.3) is 11.6 Å². The van der Waals surface area contributed by atoms with Gasteiger partial charge < -0.3 is 19.7 Å². The van der Waals surface area contributed by atoms with Gasteiger partial charge in [-0.15, -0.1) is 0 Å². The van der Waals surface area contributed by atoms with Crippen LogP contribution in [0.3, 0.4) is 0 Å². The molecule has 1 atom stereocenters. The zero-order valence-corrected chi connectivity index (χ0v) is 17.4. The molecule has 1 unspecified atom stereocenters. The molecule has 1 fully saturated rings. The summed E-state index contributed by atoms with van der Waals surface area (Å²) in [6, 6.07) is 10.3. The lowest BCUT2D eigenvalue weighted by molar-refractivity contribution is -0.384. The monoisotopic (exact) mass is 438 g/mol. The van der Waals surface area contributed by atoms with Gasteiger partial charge in [0.05, 0.1) is 30.2 Å². The fourth-order valence-electron chi connectivity index (χ4n) is 4.19. The number of carbonyl (C=O) groups excluding carboxylic acids is 2. The molecule has 166 valence electrons. The van der Waals surface area contributed by atoms with Gasteiger partial charge in [0, 0.05) is 49.3 Å². The van der Waals surface area contributed by atoms with Gasteiger partial charge in [-0.1, -0.05) is 5.16 Å². The van der Waals surface area contributed by atoms with Gasteiger partial charge in [-0.3, -0.25) is 19.7 Å². The van der Waals surface area contributed by atoms with E-state index in [4.69, 9.17) is 9.94 Å². The predicted octanol–water partition coefficient (Wildman–Crippen LogP) is 3.15. The average Bonchev–Trinajstić information content (AvgIpc) is 3.09. The summed E-state index contributed by atoms with van der Waals surface area (Å²) in [5.41, 5.74) is 1.89. The lowest BCUT2D eigenvalue weighted by atomic mass is 9.99. The number of hydrogen-bond acceptors (Lipinski definition) is 7. The first-order valence-electron chi connectivity index (χ1n) is 10.2. The highest BCUT2D eigenvalue weighted by Crippen LogP contribution is 2.41. The first-order chi connectivity index (χ1) is 15.4. The molecule has 2 aliphatic heterocycles. The summed E-state index contributed by atoms with van der Waals surface area (Å²) < 4.78 is 5.18. The third-order valence-electron chi connectivity index (χ3n) is 5.92. The number of rotatable bonds is 5. The Morgan fingerprint density at radius 1 is 1.22 bits per heavy atom. The van der Waals surface area contributed by atoms with Crippen molar-refractivity contribution in [3.8, 4) is 5.75 Å². The van der Waals surface area contributed by atoms with E-state index in [-0.39, 0.29) is 23.9 Å². The Morgan fingerprint density at radius 3 is 2.50 bits per heavy atom. The first-order valence-corrected chi connectivity index (χ1v) is 10.2. The van der Waals surface area contributed by atoms with Gasteiger partial charge in [0.15, 0.2) is 0 Å². The molecule has 0 spiro atoms. The predicted molar refractivity (Wildman–Crippen MR) is 115 cm³/mol. The summed E-state index contributed by atoms with van der Waals surface area (Å²) in [6.45, 7) is 0.840. The number of likely N-dealkylation sites (tertiary alicyclic amines) is 1. The Balaban J connectivity index is 1.68. The molecule has 0 bridgehead atoms. The van der Waals surface area contributed by atoms with Crippen LogP contribution in [-0.4, -0.2) is 52.8 Å². The molecule has 0 aliphatic carbocycles. The fraction of sp³-hybridized carbons (Fsp3) is 0.318. The van der Waals surface area contributed by atoms with E-state index in [0.717, 1.165) is 0 Å². The number of nitrogens with zero attached hydrogens (tertiary/aromatic N) is 4. The van der Waals surface area contributed by atoms with Crippen LogP contribution in [0.2, 0.25) is 0 Å². The molecule has 1 N–H and O–H groups in total. The molecule has 0 aromatic heterocycles. The summed E-state index contributed by atoms with van der Waals surface area (Å²) in [5.74, 6) is 0.139. The second-order valence-electron chi connectivity index (χ2n) is 7.67. The fourth-order valence-corrected chi connectivity index (χ4v) is 4.19. The molecule has 0 saturated carbocycles. The SMILES string of the molecule is COc1ccc(N2C(=O)c3ccc([N+](=O)[O-])cc3C2CC(=O)N2CCC(=NO)CC2)cc1. The molecule has 1 saturated heterocycles. The summed E-state index contributed by atoms with van der Waals surface area (Å²) in [4.78, 5) is 40.3. The Morgan fingerprint density at radius 2 is 1.91 bits per heavy atom. The molecular formula is C22H22N4O6. The van der Waals surface area contributed by atoms with Crippen molar-refractivity contribution in [2.45, 2.75) is 25.3 Å². The van der Waals surface area contributed by atoms with Gasteiger partial charge in [-0.2, -0.15) is 0 Å². The number of nitro groups is 1. The van der Waals surface area contributed by atoms with Crippen molar-refractivity contribution >= 4 is 28.9 Å². The van der Waals surface area contributed by atoms with E-state index in [1.54, 1.807) is 29.2 Å². The second kappa shape index (κ2) is 8.66. The first kappa shape index (κ1) is 21.3. The molecule has 10 nitrogen and oxygen atoms in total. The van der Waals surface area contributed by atoms with Crippen molar-refractivity contribution < 1.29 is 24.5 Å². The van der Waals surface area contributed by atoms with Gasteiger partial charge in [-0.25, -0.2) is 0 Å². The molecule has 32 heavy (non-hydrogen) atoms. The Bertz CT molecular complexity index is 1090. The molecule has 2 heterocycles. The van der Waals surface area contributed by atoms with Crippen molar-refractivity contribution in [3.63, 3.8) is 0 Å². The number of oxime groups is 1. The highest BCUT2D eigenvalue weighted by Gasteiger charge is 2.40. The molecule has 10 heteroatoms. The van der Waals surface area contributed by atoms with E-state index in [9.17, 15) is 19.7 Å². The summed E-state index contributed by atoms with van der Waals surface area (Å²) >= 11 is 0. The van der Waals surface area contributed by atoms with Gasteiger partial charge in [0.1, 0.15) is 5.75 Å². The number of hydrogen-bond donors (Lipinski definition) is 1. The number of non-ortho nitro benzene ring substituents is 1. The quantitative estimate of drug-likeness (QED) is 0.434. The minimum absolute atomic E-state index is 0.0163. The number of nitro benzene ring substituents is 1. The molecule has 0 radical (unpaired) electrons. The van der Waals surface area contributed by atoms with Crippen molar-refractivity contribution in [2.75, 3.05) is 25.1 Å². The van der Waals surface area contributed by atoms with Crippen LogP contribution < -0.4 is 9.64 Å². The summed E-state index contributed by atoms with van der Waals surface area (Å²) in [5, 5.41) is 23.5. The van der Waals surface area contributed by atoms with Crippen LogP contribution in [0, 0.1) is 10.1 Å². The molecule has 2 aromatic rings. The Labute approximate surface area is 183 Å². The zero-order chi connectivity index (χ0) is 22.8. The van der Waals surface area contributed by atoms with Crippen molar-refractivity contribution in [3.05, 3.63) is 63.7 Å². The van der Waals surface area contributed by atoms with E-state index in [0.29, 0.717) is 54.2 Å². The largest absolute Gasteiger partial charge is 0.497 e. The molecule has 4 rings (SSSR count). The summed E-state index contributed by atoms with van der Waals surface area (Å²) in [6.07, 6.45) is 0.948. The minimum atomic E-state index is -0.675. The van der Waals surface area contributed by atoms with Crippen molar-refractivity contribution in [1.29, 1.82) is 0 Å². The standard InChI is InChI=1S/C22H22N4O6/c1-32-17-5-2-15(3-6-17)25-20(13-21(27)24-10-8-14(23-29)9-11-24)19-12-16(26(30)31)4-7-18(19)22(25)28/h2-7,12,20,29H,8-11,13H2,1H3. The molecular weight excluding hydrogens is 416 g/mol. The number of ether oxygens (including phenoxy) is 1. The topological polar surface area (TPSA) is 126 Å². The molecule has 2 aliphatic rings. The highest BCUT2D eigenvalue weighted by molar-refractivity contribution is 6.11. The van der Waals surface area contributed by atoms with Crippen molar-refractivity contribution in [2.24, 2.45) is 5.16 Å². The normalized spacial score (nSPS) is 17.8. The maximum Gasteiger partial charge on any atom is 0.269 e. The minimum Gasteiger partial charge on any atom is -0.497 e. The van der Waals surface area contributed by atoms with Crippen LogP contribution in [0.15, 0.2) is 47.6 Å². The maximum absolute atomic E-state index is 13.2. The van der Waals surface area contributed by atoms with Crippen LogP contribution >= 0.6 is 0 Å². The van der Waals surface area contributed by atoms with E-state index in [1.807, 2.05) is 0 Å². The number of benzene rings is 2. The second-order valence-corrected chi connectivity index (χ2v) is 7.67. The lowest BCUT2D eigenvalue weighted by Crippen LogP contribution is -2.40. The van der Waals surface area contributed by atoms with Crippen LogP contribution in [-0.2, 0) is 4.79 Å². The Kier molecular flexibility index (Phi) is 5.76. The third kappa shape index (κ3) is 3.86. The molecule has 2 amide bonds. The number of amides is 2. The van der Waals surface area contributed by atoms with Crippen LogP contribution in [0.4, 0.5) is 11.4 Å². The smallest absolute Gasteiger partial charge is 0.269 e. The summed E-state index contributed by atoms with van der Waals surface area (Å²) in [7, 11) is 1.54. The Hall–Kier alpha value is -3.95. The van der Waals surface area contributed by atoms with Gasteiger partial charge in [-0.05, 0) is 35.9 Å². The van der Waals surface area contributed by atoms with Crippen molar-refractivity contribution in [1.82, 2.24) is 4.90 Å². The number of fused-ring (bicyclic) bond motifs is 1. The number of carbonyl (C=O) groups is 2. The van der Waals surface area contributed by atoms with Crippen LogP contribution in [0.25, 0.3) is 0 Å². The van der Waals surface area contributed by atoms with Gasteiger partial charge in [0.2, 0.25) is 5.91 Å². The highest BCUT2D eigenvalue weighted by atomic mass is 16.6. The van der Waals surface area contributed by atoms with E-state index >= 15 is 0 Å². The lowest BCUT2D eigenvalue weighted by Gasteiger charge is -2.31. The number of piperidine rings is 1. The zero-order valence-electron chi connectivity index (χ0n) is 17.4. The van der Waals surface area contributed by atoms with Crippen LogP contribution in [0.5, 0.6) is 5.75 Å².